The maximum atomic E-state index is 9.18. The first kappa shape index (κ1) is 10.7. The Hall–Kier alpha value is -0.800. The first-order valence-electron chi connectivity index (χ1n) is 5.56. The fraction of sp³-hybridized carbons (Fsp3) is 0.667. The third-order valence-corrected chi connectivity index (χ3v) is 3.26. The van der Waals surface area contributed by atoms with Gasteiger partial charge in [0, 0.05) is 18.6 Å². The van der Waals surface area contributed by atoms with Crippen molar-refractivity contribution < 1.29 is 9.52 Å². The van der Waals surface area contributed by atoms with Crippen LogP contribution in [0.25, 0.3) is 0 Å². The van der Waals surface area contributed by atoms with E-state index in [1.807, 2.05) is 19.1 Å². The van der Waals surface area contributed by atoms with Crippen LogP contribution in [0.15, 0.2) is 16.5 Å². The number of nitrogens with one attached hydrogen (secondary N) is 1. The summed E-state index contributed by atoms with van der Waals surface area (Å²) in [6.45, 7) is 5.21. The van der Waals surface area contributed by atoms with Crippen LogP contribution in [0.5, 0.6) is 0 Å². The summed E-state index contributed by atoms with van der Waals surface area (Å²) >= 11 is 0. The summed E-state index contributed by atoms with van der Waals surface area (Å²) in [5, 5.41) is 12.6. The summed E-state index contributed by atoms with van der Waals surface area (Å²) in [5.74, 6) is 1.92. The Morgan fingerprint density at radius 2 is 2.27 bits per heavy atom. The topological polar surface area (TPSA) is 45.4 Å². The fourth-order valence-electron chi connectivity index (χ4n) is 1.72. The molecule has 1 unspecified atom stereocenters. The van der Waals surface area contributed by atoms with Gasteiger partial charge in [-0.1, -0.05) is 0 Å². The molecule has 1 atom stereocenters. The molecule has 1 saturated carbocycles. The molecule has 0 saturated heterocycles. The van der Waals surface area contributed by atoms with E-state index >= 15 is 0 Å². The molecule has 0 aromatic carbocycles. The standard InChI is InChI=1S/C12H19NO2/c1-9-3-4-11(15-9)10(2)13-7-12(8-14)5-6-12/h3-4,10,13-14H,5-8H2,1-2H3. The quantitative estimate of drug-likeness (QED) is 0.779. The maximum absolute atomic E-state index is 9.18. The lowest BCUT2D eigenvalue weighted by Gasteiger charge is -2.16. The number of hydrogen-bond donors (Lipinski definition) is 2. The van der Waals surface area contributed by atoms with Crippen LogP contribution in [-0.4, -0.2) is 18.3 Å². The summed E-state index contributed by atoms with van der Waals surface area (Å²) in [4.78, 5) is 0. The number of hydrogen-bond acceptors (Lipinski definition) is 3. The van der Waals surface area contributed by atoms with Gasteiger partial charge >= 0.3 is 0 Å². The largest absolute Gasteiger partial charge is 0.465 e. The van der Waals surface area contributed by atoms with Crippen molar-refractivity contribution in [3.63, 3.8) is 0 Å². The highest BCUT2D eigenvalue weighted by molar-refractivity contribution is 5.09. The first-order valence-corrected chi connectivity index (χ1v) is 5.56. The minimum Gasteiger partial charge on any atom is -0.465 e. The normalized spacial score (nSPS) is 20.2. The predicted molar refractivity (Wildman–Crippen MR) is 58.6 cm³/mol. The third kappa shape index (κ3) is 2.41. The van der Waals surface area contributed by atoms with E-state index < -0.39 is 0 Å². The van der Waals surface area contributed by atoms with E-state index in [0.29, 0.717) is 6.61 Å². The summed E-state index contributed by atoms with van der Waals surface area (Å²) < 4.78 is 5.54. The molecule has 0 amide bonds. The molecule has 3 heteroatoms. The van der Waals surface area contributed by atoms with Crippen LogP contribution < -0.4 is 5.32 Å². The van der Waals surface area contributed by atoms with Gasteiger partial charge in [0.15, 0.2) is 0 Å². The van der Waals surface area contributed by atoms with E-state index in [4.69, 9.17) is 4.42 Å². The molecule has 15 heavy (non-hydrogen) atoms. The van der Waals surface area contributed by atoms with Crippen LogP contribution >= 0.6 is 0 Å². The molecule has 1 fully saturated rings. The Kier molecular flexibility index (Phi) is 2.85. The first-order chi connectivity index (χ1) is 7.15. The van der Waals surface area contributed by atoms with Gasteiger partial charge in [0.25, 0.3) is 0 Å². The summed E-state index contributed by atoms with van der Waals surface area (Å²) in [6.07, 6.45) is 2.28. The second kappa shape index (κ2) is 3.99. The number of aliphatic hydroxyl groups is 1. The molecule has 1 heterocycles. The summed E-state index contributed by atoms with van der Waals surface area (Å²) in [6, 6.07) is 4.21. The molecule has 0 bridgehead atoms. The van der Waals surface area contributed by atoms with Gasteiger partial charge in [-0.15, -0.1) is 0 Å². The van der Waals surface area contributed by atoms with Gasteiger partial charge in [0.1, 0.15) is 11.5 Å². The molecule has 1 aromatic heterocycles. The lowest BCUT2D eigenvalue weighted by atomic mass is 10.1. The van der Waals surface area contributed by atoms with Gasteiger partial charge < -0.3 is 14.8 Å². The molecule has 3 nitrogen and oxygen atoms in total. The fourth-order valence-corrected chi connectivity index (χ4v) is 1.72. The minimum atomic E-state index is 0.163. The van der Waals surface area contributed by atoms with E-state index in [9.17, 15) is 5.11 Å². The molecule has 2 N–H and O–H groups in total. The zero-order chi connectivity index (χ0) is 10.9. The Balaban J connectivity index is 1.85. The van der Waals surface area contributed by atoms with Crippen molar-refractivity contribution in [1.29, 1.82) is 0 Å². The molecule has 1 aromatic rings. The molecular formula is C12H19NO2. The van der Waals surface area contributed by atoms with Gasteiger partial charge in [-0.3, -0.25) is 0 Å². The number of aliphatic hydroxyl groups excluding tert-OH is 1. The van der Waals surface area contributed by atoms with Crippen molar-refractivity contribution in [1.82, 2.24) is 5.32 Å². The molecule has 0 aliphatic heterocycles. The van der Waals surface area contributed by atoms with Crippen LogP contribution in [-0.2, 0) is 0 Å². The maximum Gasteiger partial charge on any atom is 0.120 e. The Bertz CT molecular complexity index is 328. The smallest absolute Gasteiger partial charge is 0.120 e. The van der Waals surface area contributed by atoms with Crippen molar-refractivity contribution in [3.8, 4) is 0 Å². The molecule has 1 aliphatic rings. The van der Waals surface area contributed by atoms with E-state index in [2.05, 4.69) is 12.2 Å². The number of rotatable bonds is 5. The molecular weight excluding hydrogens is 190 g/mol. The monoisotopic (exact) mass is 209 g/mol. The van der Waals surface area contributed by atoms with E-state index in [1.165, 1.54) is 0 Å². The van der Waals surface area contributed by atoms with E-state index in [-0.39, 0.29) is 11.5 Å². The SMILES string of the molecule is Cc1ccc(C(C)NCC2(CO)CC2)o1. The van der Waals surface area contributed by atoms with Crippen molar-refractivity contribution >= 4 is 0 Å². The highest BCUT2D eigenvalue weighted by Gasteiger charge is 2.41. The molecule has 84 valence electrons. The Morgan fingerprint density at radius 1 is 1.53 bits per heavy atom. The van der Waals surface area contributed by atoms with Crippen LogP contribution in [0.4, 0.5) is 0 Å². The third-order valence-electron chi connectivity index (χ3n) is 3.26. The predicted octanol–water partition coefficient (Wildman–Crippen LogP) is 2.01. The highest BCUT2D eigenvalue weighted by atomic mass is 16.3. The van der Waals surface area contributed by atoms with Gasteiger partial charge in [0.2, 0.25) is 0 Å². The van der Waals surface area contributed by atoms with Crippen LogP contribution in [0.3, 0.4) is 0 Å². The van der Waals surface area contributed by atoms with Crippen LogP contribution in [0.1, 0.15) is 37.3 Å². The minimum absolute atomic E-state index is 0.163. The number of furan rings is 1. The van der Waals surface area contributed by atoms with Crippen molar-refractivity contribution in [2.45, 2.75) is 32.7 Å². The lowest BCUT2D eigenvalue weighted by molar-refractivity contribution is 0.203. The van der Waals surface area contributed by atoms with Gasteiger partial charge in [-0.05, 0) is 38.8 Å². The summed E-state index contributed by atoms with van der Waals surface area (Å²) in [7, 11) is 0. The second-order valence-electron chi connectivity index (χ2n) is 4.71. The zero-order valence-corrected chi connectivity index (χ0v) is 9.42. The van der Waals surface area contributed by atoms with Crippen molar-refractivity contribution in [2.75, 3.05) is 13.2 Å². The molecule has 0 radical (unpaired) electrons. The van der Waals surface area contributed by atoms with E-state index in [1.54, 1.807) is 0 Å². The lowest BCUT2D eigenvalue weighted by Crippen LogP contribution is -2.28. The molecule has 0 spiro atoms. The van der Waals surface area contributed by atoms with Crippen LogP contribution in [0, 0.1) is 12.3 Å². The zero-order valence-electron chi connectivity index (χ0n) is 9.42. The second-order valence-corrected chi connectivity index (χ2v) is 4.71. The number of aryl methyl sites for hydroxylation is 1. The van der Waals surface area contributed by atoms with Gasteiger partial charge in [-0.25, -0.2) is 0 Å². The Labute approximate surface area is 90.5 Å². The van der Waals surface area contributed by atoms with Crippen molar-refractivity contribution in [3.05, 3.63) is 23.7 Å². The molecule has 2 rings (SSSR count). The van der Waals surface area contributed by atoms with Gasteiger partial charge in [-0.2, -0.15) is 0 Å². The average molecular weight is 209 g/mol. The summed E-state index contributed by atoms with van der Waals surface area (Å²) in [5.41, 5.74) is 0.163. The Morgan fingerprint density at radius 3 is 2.73 bits per heavy atom. The average Bonchev–Trinajstić information content (AvgIpc) is 2.90. The molecule has 1 aliphatic carbocycles. The van der Waals surface area contributed by atoms with Crippen molar-refractivity contribution in [2.24, 2.45) is 5.41 Å². The van der Waals surface area contributed by atoms with Gasteiger partial charge in [0.05, 0.1) is 6.04 Å². The van der Waals surface area contributed by atoms with Crippen LogP contribution in [0.2, 0.25) is 0 Å². The van der Waals surface area contributed by atoms with E-state index in [0.717, 1.165) is 30.9 Å². The highest BCUT2D eigenvalue weighted by Crippen LogP contribution is 2.44.